The lowest BCUT2D eigenvalue weighted by Crippen LogP contribution is -2.17. The number of esters is 1. The third-order valence-corrected chi connectivity index (χ3v) is 1.82. The smallest absolute Gasteiger partial charge is 0.340 e. The highest BCUT2D eigenvalue weighted by atomic mass is 32.1. The standard InChI is InChI=1S/C8H10O3S/c1-6(5-12)8(9)11-7-3-2-4-10-7/h5,7H,1-4H2. The monoisotopic (exact) mass is 186 g/mol. The maximum absolute atomic E-state index is 11.0. The second-order valence-corrected chi connectivity index (χ2v) is 2.73. The molecule has 1 heterocycles. The quantitative estimate of drug-likeness (QED) is 0.377. The Balaban J connectivity index is 2.34. The van der Waals surface area contributed by atoms with E-state index in [1.807, 2.05) is 0 Å². The number of rotatable bonds is 3. The molecule has 4 heteroatoms. The van der Waals surface area contributed by atoms with E-state index in [1.54, 1.807) is 0 Å². The first kappa shape index (κ1) is 9.35. The summed E-state index contributed by atoms with van der Waals surface area (Å²) in [6.07, 6.45) is 1.29. The van der Waals surface area contributed by atoms with Crippen molar-refractivity contribution in [3.05, 3.63) is 12.2 Å². The van der Waals surface area contributed by atoms with E-state index >= 15 is 0 Å². The van der Waals surface area contributed by atoms with Crippen LogP contribution in [0, 0.1) is 0 Å². The highest BCUT2D eigenvalue weighted by Crippen LogP contribution is 2.14. The van der Waals surface area contributed by atoms with E-state index in [1.165, 1.54) is 5.37 Å². The number of hydrogen-bond donors (Lipinski definition) is 0. The summed E-state index contributed by atoms with van der Waals surface area (Å²) >= 11 is 4.53. The predicted molar refractivity (Wildman–Crippen MR) is 47.9 cm³/mol. The van der Waals surface area contributed by atoms with Crippen molar-refractivity contribution < 1.29 is 14.3 Å². The Morgan fingerprint density at radius 3 is 3.00 bits per heavy atom. The van der Waals surface area contributed by atoms with E-state index in [9.17, 15) is 4.79 Å². The molecule has 0 aromatic rings. The molecule has 1 atom stereocenters. The third kappa shape index (κ3) is 2.39. The van der Waals surface area contributed by atoms with Crippen molar-refractivity contribution in [2.75, 3.05) is 6.61 Å². The van der Waals surface area contributed by atoms with Crippen molar-refractivity contribution in [2.24, 2.45) is 0 Å². The van der Waals surface area contributed by atoms with Crippen molar-refractivity contribution in [3.8, 4) is 0 Å². The van der Waals surface area contributed by atoms with Gasteiger partial charge in [-0.2, -0.15) is 0 Å². The van der Waals surface area contributed by atoms with Crippen LogP contribution in [0.1, 0.15) is 12.8 Å². The lowest BCUT2D eigenvalue weighted by atomic mass is 10.3. The average molecular weight is 186 g/mol. The van der Waals surface area contributed by atoms with Gasteiger partial charge in [0.05, 0.1) is 12.2 Å². The number of ether oxygens (including phenoxy) is 2. The lowest BCUT2D eigenvalue weighted by Gasteiger charge is -2.09. The highest BCUT2D eigenvalue weighted by molar-refractivity contribution is 7.79. The Bertz CT molecular complexity index is 206. The van der Waals surface area contributed by atoms with Crippen molar-refractivity contribution in [2.45, 2.75) is 19.1 Å². The lowest BCUT2D eigenvalue weighted by molar-refractivity contribution is -0.164. The topological polar surface area (TPSA) is 35.5 Å². The van der Waals surface area contributed by atoms with Gasteiger partial charge in [-0.3, -0.25) is 0 Å². The first-order chi connectivity index (χ1) is 5.74. The Kier molecular flexibility index (Phi) is 3.37. The fraction of sp³-hybridized carbons (Fsp3) is 0.500. The van der Waals surface area contributed by atoms with Crippen LogP contribution in [0.4, 0.5) is 0 Å². The molecule has 1 unspecified atom stereocenters. The van der Waals surface area contributed by atoms with Crippen molar-refractivity contribution in [1.29, 1.82) is 0 Å². The van der Waals surface area contributed by atoms with Crippen LogP contribution in [0.3, 0.4) is 0 Å². The summed E-state index contributed by atoms with van der Waals surface area (Å²) in [6.45, 7) is 4.08. The normalized spacial score (nSPS) is 21.8. The third-order valence-electron chi connectivity index (χ3n) is 1.53. The van der Waals surface area contributed by atoms with Crippen LogP contribution >= 0.6 is 12.2 Å². The molecule has 1 aliphatic rings. The molecule has 66 valence electrons. The molecule has 0 radical (unpaired) electrons. The summed E-state index contributed by atoms with van der Waals surface area (Å²) in [5.74, 6) is -0.489. The minimum absolute atomic E-state index is 0.195. The summed E-state index contributed by atoms with van der Waals surface area (Å²) < 4.78 is 9.99. The summed E-state index contributed by atoms with van der Waals surface area (Å²) in [5.41, 5.74) is 0.195. The summed E-state index contributed by atoms with van der Waals surface area (Å²) in [5, 5.41) is 1.21. The van der Waals surface area contributed by atoms with Crippen molar-refractivity contribution >= 4 is 23.6 Å². The van der Waals surface area contributed by atoms with E-state index in [-0.39, 0.29) is 5.57 Å². The Labute approximate surface area is 76.3 Å². The van der Waals surface area contributed by atoms with Gasteiger partial charge in [-0.25, -0.2) is 4.79 Å². The van der Waals surface area contributed by atoms with Crippen LogP contribution in [0.15, 0.2) is 12.2 Å². The van der Waals surface area contributed by atoms with Gasteiger partial charge in [0.25, 0.3) is 0 Å². The van der Waals surface area contributed by atoms with Gasteiger partial charge in [0.2, 0.25) is 6.29 Å². The van der Waals surface area contributed by atoms with Gasteiger partial charge in [-0.05, 0) is 6.42 Å². The van der Waals surface area contributed by atoms with Crippen LogP contribution in [0.2, 0.25) is 0 Å². The zero-order valence-electron chi connectivity index (χ0n) is 6.62. The van der Waals surface area contributed by atoms with Gasteiger partial charge in [0.1, 0.15) is 0 Å². The van der Waals surface area contributed by atoms with E-state index < -0.39 is 12.3 Å². The number of carbonyl (C=O) groups is 1. The summed E-state index contributed by atoms with van der Waals surface area (Å²) in [6, 6.07) is 0. The van der Waals surface area contributed by atoms with Crippen LogP contribution in [-0.2, 0) is 14.3 Å². The molecule has 0 bridgehead atoms. The second-order valence-electron chi connectivity index (χ2n) is 2.49. The van der Waals surface area contributed by atoms with E-state index in [4.69, 9.17) is 9.47 Å². The fourth-order valence-corrected chi connectivity index (χ4v) is 0.980. The van der Waals surface area contributed by atoms with Crippen molar-refractivity contribution in [1.82, 2.24) is 0 Å². The van der Waals surface area contributed by atoms with Crippen molar-refractivity contribution in [3.63, 3.8) is 0 Å². The molecular weight excluding hydrogens is 176 g/mol. The summed E-state index contributed by atoms with van der Waals surface area (Å²) in [7, 11) is 0. The van der Waals surface area contributed by atoms with E-state index in [0.717, 1.165) is 12.8 Å². The van der Waals surface area contributed by atoms with Gasteiger partial charge in [0, 0.05) is 11.8 Å². The Morgan fingerprint density at radius 2 is 2.50 bits per heavy atom. The molecule has 0 aliphatic carbocycles. The van der Waals surface area contributed by atoms with Gasteiger partial charge in [0.15, 0.2) is 0 Å². The van der Waals surface area contributed by atoms with Crippen LogP contribution in [-0.4, -0.2) is 24.2 Å². The second kappa shape index (κ2) is 4.33. The molecule has 0 aromatic carbocycles. The van der Waals surface area contributed by atoms with Gasteiger partial charge in [-0.15, -0.1) is 0 Å². The van der Waals surface area contributed by atoms with E-state index in [2.05, 4.69) is 18.8 Å². The fourth-order valence-electron chi connectivity index (χ4n) is 0.884. The minimum atomic E-state index is -0.489. The number of hydrogen-bond acceptors (Lipinski definition) is 4. The molecule has 12 heavy (non-hydrogen) atoms. The molecule has 0 amide bonds. The molecule has 1 aliphatic heterocycles. The van der Waals surface area contributed by atoms with Gasteiger partial charge >= 0.3 is 5.97 Å². The molecule has 0 saturated carbocycles. The molecule has 3 nitrogen and oxygen atoms in total. The van der Waals surface area contributed by atoms with Crippen LogP contribution in [0.25, 0.3) is 0 Å². The maximum Gasteiger partial charge on any atom is 0.340 e. The highest BCUT2D eigenvalue weighted by Gasteiger charge is 2.20. The van der Waals surface area contributed by atoms with Gasteiger partial charge < -0.3 is 9.47 Å². The molecular formula is C8H10O3S. The largest absolute Gasteiger partial charge is 0.432 e. The zero-order chi connectivity index (χ0) is 8.97. The molecule has 0 spiro atoms. The number of carbonyl (C=O) groups excluding carboxylic acids is 1. The molecule has 1 saturated heterocycles. The number of thiocarbonyl (C=S) groups is 1. The SMILES string of the molecule is C=C(C=S)C(=O)OC1CCCO1. The minimum Gasteiger partial charge on any atom is -0.432 e. The zero-order valence-corrected chi connectivity index (χ0v) is 7.43. The maximum atomic E-state index is 11.0. The Hall–Kier alpha value is -0.740. The molecule has 0 N–H and O–H groups in total. The van der Waals surface area contributed by atoms with E-state index in [0.29, 0.717) is 6.61 Å². The first-order valence-electron chi connectivity index (χ1n) is 3.70. The molecule has 0 aromatic heterocycles. The molecule has 1 rings (SSSR count). The van der Waals surface area contributed by atoms with Crippen LogP contribution in [0.5, 0.6) is 0 Å². The first-order valence-corrected chi connectivity index (χ1v) is 4.18. The average Bonchev–Trinajstić information content (AvgIpc) is 2.55. The predicted octanol–water partition coefficient (Wildman–Crippen LogP) is 1.22. The van der Waals surface area contributed by atoms with Gasteiger partial charge in [-0.1, -0.05) is 18.8 Å². The van der Waals surface area contributed by atoms with Crippen LogP contribution < -0.4 is 0 Å². The Morgan fingerprint density at radius 1 is 1.75 bits per heavy atom. The molecule has 1 fully saturated rings. The summed E-state index contributed by atoms with van der Waals surface area (Å²) in [4.78, 5) is 11.0.